The molecule has 0 unspecified atom stereocenters. The molecule has 4 nitrogen and oxygen atoms in total. The summed E-state index contributed by atoms with van der Waals surface area (Å²) in [7, 11) is 3.22. The highest BCUT2D eigenvalue weighted by atomic mass is 16.5. The van der Waals surface area contributed by atoms with Crippen molar-refractivity contribution in [3.63, 3.8) is 0 Å². The van der Waals surface area contributed by atoms with Crippen LogP contribution in [0.5, 0.6) is 11.5 Å². The molecular weight excluding hydrogens is 266 g/mol. The molecule has 110 valence electrons. The number of rotatable bonds is 4. The van der Waals surface area contributed by atoms with Gasteiger partial charge in [-0.3, -0.25) is 4.79 Å². The van der Waals surface area contributed by atoms with E-state index in [1.165, 1.54) is 0 Å². The van der Waals surface area contributed by atoms with E-state index >= 15 is 0 Å². The Balaban J connectivity index is 2.00. The predicted octanol–water partition coefficient (Wildman–Crippen LogP) is 2.09. The first kappa shape index (κ1) is 15.0. The van der Waals surface area contributed by atoms with Gasteiger partial charge in [-0.05, 0) is 31.1 Å². The first-order chi connectivity index (χ1) is 10.2. The lowest BCUT2D eigenvalue weighted by Gasteiger charge is -2.34. The third kappa shape index (κ3) is 3.79. The summed E-state index contributed by atoms with van der Waals surface area (Å²) in [5.41, 5.74) is 0.828. The van der Waals surface area contributed by atoms with E-state index in [0.717, 1.165) is 5.56 Å². The summed E-state index contributed by atoms with van der Waals surface area (Å²) >= 11 is 0. The van der Waals surface area contributed by atoms with E-state index < -0.39 is 0 Å². The Bertz CT molecular complexity index is 582. The second kappa shape index (κ2) is 6.85. The van der Waals surface area contributed by atoms with Crippen LogP contribution in [-0.2, 0) is 4.79 Å². The van der Waals surface area contributed by atoms with E-state index in [-0.39, 0.29) is 11.7 Å². The van der Waals surface area contributed by atoms with Gasteiger partial charge in [-0.2, -0.15) is 0 Å². The highest BCUT2D eigenvalue weighted by Crippen LogP contribution is 2.22. The van der Waals surface area contributed by atoms with Crippen LogP contribution in [-0.4, -0.2) is 38.0 Å². The van der Waals surface area contributed by atoms with Crippen molar-refractivity contribution < 1.29 is 14.3 Å². The molecule has 2 rings (SSSR count). The standard InChI is InChI=1S/C17H19NO3/c1-4-5-17(19)14-11-18(12-14)7-6-13-8-15(20-2)10-16(9-13)21-3/h4-5,8-10,14H,11-12H2,1-3H3/b5-4+. The molecule has 0 atom stereocenters. The van der Waals surface area contributed by atoms with Crippen LogP contribution >= 0.6 is 0 Å². The third-order valence-electron chi connectivity index (χ3n) is 3.32. The Labute approximate surface area is 125 Å². The number of nitrogens with zero attached hydrogens (tertiary/aromatic N) is 1. The van der Waals surface area contributed by atoms with Crippen molar-refractivity contribution in [2.24, 2.45) is 5.92 Å². The first-order valence-corrected chi connectivity index (χ1v) is 6.82. The summed E-state index contributed by atoms with van der Waals surface area (Å²) in [6, 6.07) is 8.58. The van der Waals surface area contributed by atoms with E-state index in [1.54, 1.807) is 32.4 Å². The van der Waals surface area contributed by atoms with E-state index in [0.29, 0.717) is 24.6 Å². The SMILES string of the molecule is C/C=C/C(=O)C1CN(C#Cc2cc(OC)cc(OC)c2)C1. The number of ketones is 1. The van der Waals surface area contributed by atoms with Crippen molar-refractivity contribution in [1.82, 2.24) is 4.90 Å². The van der Waals surface area contributed by atoms with Crippen LogP contribution in [0.25, 0.3) is 0 Å². The Morgan fingerprint density at radius 1 is 1.24 bits per heavy atom. The fraction of sp³-hybridized carbons (Fsp3) is 0.353. The number of ether oxygens (including phenoxy) is 2. The van der Waals surface area contributed by atoms with Gasteiger partial charge in [0.25, 0.3) is 0 Å². The van der Waals surface area contributed by atoms with Gasteiger partial charge in [0, 0.05) is 30.8 Å². The van der Waals surface area contributed by atoms with Gasteiger partial charge in [-0.1, -0.05) is 6.08 Å². The fourth-order valence-electron chi connectivity index (χ4n) is 2.07. The summed E-state index contributed by atoms with van der Waals surface area (Å²) in [6.45, 7) is 3.23. The molecule has 1 saturated heterocycles. The zero-order valence-electron chi connectivity index (χ0n) is 12.6. The zero-order chi connectivity index (χ0) is 15.2. The molecule has 0 amide bonds. The predicted molar refractivity (Wildman–Crippen MR) is 81.3 cm³/mol. The van der Waals surface area contributed by atoms with Gasteiger partial charge in [-0.25, -0.2) is 0 Å². The molecular formula is C17H19NO3. The van der Waals surface area contributed by atoms with Crippen molar-refractivity contribution in [3.05, 3.63) is 35.9 Å². The molecule has 1 aliphatic rings. The Morgan fingerprint density at radius 3 is 2.38 bits per heavy atom. The molecule has 0 saturated carbocycles. The summed E-state index contributed by atoms with van der Waals surface area (Å²) < 4.78 is 10.4. The number of methoxy groups -OCH3 is 2. The van der Waals surface area contributed by atoms with Crippen LogP contribution in [0.2, 0.25) is 0 Å². The van der Waals surface area contributed by atoms with Crippen LogP contribution in [0, 0.1) is 17.9 Å². The monoisotopic (exact) mass is 285 g/mol. The smallest absolute Gasteiger partial charge is 0.162 e. The number of allylic oxidation sites excluding steroid dienone is 2. The first-order valence-electron chi connectivity index (χ1n) is 6.82. The van der Waals surface area contributed by atoms with Crippen molar-refractivity contribution in [2.45, 2.75) is 6.92 Å². The van der Waals surface area contributed by atoms with E-state index in [2.05, 4.69) is 12.0 Å². The number of carbonyl (C=O) groups excluding carboxylic acids is 1. The largest absolute Gasteiger partial charge is 0.497 e. The van der Waals surface area contributed by atoms with E-state index in [4.69, 9.17) is 9.47 Å². The molecule has 1 aromatic rings. The molecule has 21 heavy (non-hydrogen) atoms. The minimum Gasteiger partial charge on any atom is -0.497 e. The lowest BCUT2D eigenvalue weighted by molar-refractivity contribution is -0.121. The van der Waals surface area contributed by atoms with Crippen LogP contribution in [0.3, 0.4) is 0 Å². The van der Waals surface area contributed by atoms with Crippen molar-refractivity contribution in [1.29, 1.82) is 0 Å². The molecule has 4 heteroatoms. The van der Waals surface area contributed by atoms with Gasteiger partial charge in [-0.15, -0.1) is 0 Å². The lowest BCUT2D eigenvalue weighted by Crippen LogP contribution is -2.47. The molecule has 0 aliphatic carbocycles. The van der Waals surface area contributed by atoms with Gasteiger partial charge in [0.15, 0.2) is 5.78 Å². The molecule has 0 spiro atoms. The summed E-state index contributed by atoms with van der Waals surface area (Å²) in [5.74, 6) is 4.76. The molecule has 0 bridgehead atoms. The molecule has 1 aliphatic heterocycles. The minimum atomic E-state index is 0.0790. The van der Waals surface area contributed by atoms with Crippen molar-refractivity contribution in [2.75, 3.05) is 27.3 Å². The van der Waals surface area contributed by atoms with Gasteiger partial charge in [0.05, 0.1) is 20.1 Å². The summed E-state index contributed by atoms with van der Waals surface area (Å²) in [4.78, 5) is 13.6. The topological polar surface area (TPSA) is 38.8 Å². The Hall–Kier alpha value is -2.41. The Kier molecular flexibility index (Phi) is 4.89. The average molecular weight is 285 g/mol. The molecule has 0 radical (unpaired) electrons. The van der Waals surface area contributed by atoms with E-state index in [1.807, 2.05) is 24.0 Å². The molecule has 0 aromatic heterocycles. The van der Waals surface area contributed by atoms with Crippen LogP contribution in [0.1, 0.15) is 12.5 Å². The van der Waals surface area contributed by atoms with Gasteiger partial charge >= 0.3 is 0 Å². The fourth-order valence-corrected chi connectivity index (χ4v) is 2.07. The number of hydrogen-bond acceptors (Lipinski definition) is 4. The summed E-state index contributed by atoms with van der Waals surface area (Å²) in [5, 5.41) is 0. The van der Waals surface area contributed by atoms with Crippen molar-refractivity contribution >= 4 is 5.78 Å². The maximum atomic E-state index is 11.6. The second-order valence-electron chi connectivity index (χ2n) is 4.84. The summed E-state index contributed by atoms with van der Waals surface area (Å²) in [6.07, 6.45) is 3.40. The van der Waals surface area contributed by atoms with E-state index in [9.17, 15) is 4.79 Å². The molecule has 1 heterocycles. The number of likely N-dealkylation sites (tertiary alicyclic amines) is 1. The maximum Gasteiger partial charge on any atom is 0.162 e. The maximum absolute atomic E-state index is 11.6. The van der Waals surface area contributed by atoms with Gasteiger partial charge in [0.2, 0.25) is 0 Å². The van der Waals surface area contributed by atoms with Crippen molar-refractivity contribution in [3.8, 4) is 23.5 Å². The molecule has 1 fully saturated rings. The zero-order valence-corrected chi connectivity index (χ0v) is 12.6. The molecule has 0 N–H and O–H groups in total. The van der Waals surface area contributed by atoms with Crippen LogP contribution in [0.15, 0.2) is 30.4 Å². The Morgan fingerprint density at radius 2 is 1.86 bits per heavy atom. The quantitative estimate of drug-likeness (QED) is 0.627. The van der Waals surface area contributed by atoms with Crippen LogP contribution in [0.4, 0.5) is 0 Å². The second-order valence-corrected chi connectivity index (χ2v) is 4.84. The van der Waals surface area contributed by atoms with Gasteiger partial charge < -0.3 is 14.4 Å². The highest BCUT2D eigenvalue weighted by Gasteiger charge is 2.29. The number of carbonyl (C=O) groups is 1. The third-order valence-corrected chi connectivity index (χ3v) is 3.32. The number of benzene rings is 1. The van der Waals surface area contributed by atoms with Crippen LogP contribution < -0.4 is 9.47 Å². The normalized spacial score (nSPS) is 14.3. The highest BCUT2D eigenvalue weighted by molar-refractivity contribution is 5.92. The average Bonchev–Trinajstić information content (AvgIpc) is 2.45. The van der Waals surface area contributed by atoms with Gasteiger partial charge in [0.1, 0.15) is 11.5 Å². The minimum absolute atomic E-state index is 0.0790. The molecule has 1 aromatic carbocycles. The lowest BCUT2D eigenvalue weighted by atomic mass is 9.95. The number of hydrogen-bond donors (Lipinski definition) is 0.